The minimum Gasteiger partial charge on any atom is -0.507 e. The molecule has 57 heavy (non-hydrogen) atoms. The van der Waals surface area contributed by atoms with Gasteiger partial charge in [-0.3, -0.25) is 14.4 Å². The maximum Gasteiger partial charge on any atom is 0.262 e. The Balaban J connectivity index is 1.60. The van der Waals surface area contributed by atoms with Gasteiger partial charge in [0.2, 0.25) is 11.7 Å². The molecule has 0 radical (unpaired) electrons. The average molecular weight is 797 g/mol. The fourth-order valence-electron chi connectivity index (χ4n) is 7.12. The second-order valence-corrected chi connectivity index (χ2v) is 15.0. The second kappa shape index (κ2) is 21.0. The number of nitrogens with one attached hydrogen (secondary N) is 2. The van der Waals surface area contributed by atoms with Crippen LogP contribution < -0.4 is 10.9 Å². The van der Waals surface area contributed by atoms with Crippen molar-refractivity contribution in [3.8, 4) is 5.75 Å². The molecule has 3 rings (SSSR count). The molecule has 1 aromatic rings. The summed E-state index contributed by atoms with van der Waals surface area (Å²) in [6, 6.07) is 1.22. The number of ether oxygens (including phenoxy) is 3. The van der Waals surface area contributed by atoms with Crippen molar-refractivity contribution in [1.82, 2.24) is 10.3 Å². The number of aromatic amines is 1. The first-order chi connectivity index (χ1) is 26.9. The van der Waals surface area contributed by atoms with Crippen molar-refractivity contribution in [2.24, 2.45) is 17.3 Å². The molecule has 2 aliphatic rings. The van der Waals surface area contributed by atoms with Crippen LogP contribution in [0.5, 0.6) is 5.75 Å². The zero-order valence-corrected chi connectivity index (χ0v) is 33.9. The van der Waals surface area contributed by atoms with Crippen molar-refractivity contribution in [1.29, 1.82) is 0 Å². The van der Waals surface area contributed by atoms with Crippen LogP contribution in [0, 0.1) is 17.3 Å². The third kappa shape index (κ3) is 11.0. The number of aliphatic hydroxyl groups is 5. The molecule has 0 bridgehead atoms. The van der Waals surface area contributed by atoms with Crippen LogP contribution in [-0.4, -0.2) is 116 Å². The smallest absolute Gasteiger partial charge is 0.262 e. The van der Waals surface area contributed by atoms with E-state index in [1.165, 1.54) is 32.4 Å². The van der Waals surface area contributed by atoms with E-state index >= 15 is 0 Å². The Morgan fingerprint density at radius 2 is 1.68 bits per heavy atom. The standard InChI is InChI=1S/C43H60N2O12/c1-9-11-13-21-31-42(6,7)38(50)39(51)43(54,57-31)28(10-2)40(52)44-23-17-16-19-26(4)36(55-8)27(5)37-35(49)34(48)30(56-37)20-15-12-14-18-25(3)33(47)32-29(46)22-24-45-41(32)53/h9,11-22,24,27-28,30-31,34-39,48-51,54H,10,23H2,1-8H3,(H,44,52)(H2,45,46,53)/b11-9+,14-12+,17-16-,20-15-,21-13+,25-18+,26-19+. The normalized spacial score (nSPS) is 30.2. The van der Waals surface area contributed by atoms with Crippen LogP contribution in [0.25, 0.3) is 0 Å². The first-order valence-corrected chi connectivity index (χ1v) is 19.1. The number of aliphatic hydroxyl groups excluding tert-OH is 4. The van der Waals surface area contributed by atoms with Gasteiger partial charge in [0, 0.05) is 31.2 Å². The Bertz CT molecular complexity index is 1810. The lowest BCUT2D eigenvalue weighted by atomic mass is 9.71. The van der Waals surface area contributed by atoms with Crippen molar-refractivity contribution in [3.63, 3.8) is 0 Å². The molecule has 8 N–H and O–H groups in total. The van der Waals surface area contributed by atoms with Crippen molar-refractivity contribution < 1.29 is 54.4 Å². The van der Waals surface area contributed by atoms with E-state index in [2.05, 4.69) is 10.3 Å². The Hall–Kier alpha value is -4.25. The monoisotopic (exact) mass is 796 g/mol. The number of aromatic hydroxyl groups is 1. The Morgan fingerprint density at radius 1 is 1.00 bits per heavy atom. The molecule has 2 fully saturated rings. The van der Waals surface area contributed by atoms with Crippen molar-refractivity contribution in [3.05, 3.63) is 112 Å². The van der Waals surface area contributed by atoms with E-state index in [-0.39, 0.29) is 24.1 Å². The first kappa shape index (κ1) is 47.1. The molecule has 0 spiro atoms. The van der Waals surface area contributed by atoms with Crippen LogP contribution in [0.3, 0.4) is 0 Å². The minimum absolute atomic E-state index is 0.0817. The van der Waals surface area contributed by atoms with E-state index in [0.29, 0.717) is 0 Å². The van der Waals surface area contributed by atoms with E-state index in [9.17, 15) is 45.0 Å². The molecule has 11 atom stereocenters. The number of Topliss-reactive ketones (excluding diaryl/α,β-unsaturated/α-hetero) is 1. The fraction of sp³-hybridized carbons (Fsp3) is 0.512. The van der Waals surface area contributed by atoms with Crippen LogP contribution in [0.15, 0.2) is 101 Å². The lowest BCUT2D eigenvalue weighted by Crippen LogP contribution is -2.69. The van der Waals surface area contributed by atoms with Crippen LogP contribution in [-0.2, 0) is 19.0 Å². The summed E-state index contributed by atoms with van der Waals surface area (Å²) in [5.74, 6) is -5.55. The van der Waals surface area contributed by atoms with Gasteiger partial charge in [0.1, 0.15) is 35.7 Å². The van der Waals surface area contributed by atoms with Gasteiger partial charge in [-0.2, -0.15) is 0 Å². The molecule has 3 heterocycles. The number of carbonyl (C=O) groups excluding carboxylic acids is 2. The van der Waals surface area contributed by atoms with Crippen molar-refractivity contribution >= 4 is 11.7 Å². The number of ketones is 1. The summed E-state index contributed by atoms with van der Waals surface area (Å²) in [6.07, 6.45) is 12.8. The Kier molecular flexibility index (Phi) is 17.3. The number of carbonyl (C=O) groups is 2. The lowest BCUT2D eigenvalue weighted by molar-refractivity contribution is -0.359. The number of methoxy groups -OCH3 is 1. The number of aromatic nitrogens is 1. The Labute approximate surface area is 334 Å². The number of hydrogen-bond acceptors (Lipinski definition) is 12. The van der Waals surface area contributed by atoms with E-state index in [0.717, 1.165) is 5.57 Å². The SMILES string of the molecule is C/C=C/C=C/C1OC(O)(C(CC)C(=O)NC/C=C\C=C(/C)C(OC)C(C)C2OC(\C=C/C=C/C=C(\C)C(=O)c3c(O)cc[nH]c3=O)C(O)C2O)C(O)C(O)C1(C)C. The summed E-state index contributed by atoms with van der Waals surface area (Å²) in [5.41, 5.74) is -1.02. The molecule has 0 aromatic carbocycles. The number of amides is 1. The summed E-state index contributed by atoms with van der Waals surface area (Å²) in [4.78, 5) is 40.2. The topological polar surface area (TPSA) is 228 Å². The van der Waals surface area contributed by atoms with Gasteiger partial charge in [-0.25, -0.2) is 0 Å². The van der Waals surface area contributed by atoms with E-state index < -0.39 is 94.9 Å². The average Bonchev–Trinajstić information content (AvgIpc) is 3.45. The van der Waals surface area contributed by atoms with Gasteiger partial charge >= 0.3 is 0 Å². The zero-order valence-electron chi connectivity index (χ0n) is 33.9. The lowest BCUT2D eigenvalue weighted by Gasteiger charge is -2.53. The number of H-pyrrole nitrogens is 1. The highest BCUT2D eigenvalue weighted by Crippen LogP contribution is 2.44. The summed E-state index contributed by atoms with van der Waals surface area (Å²) in [6.45, 7) is 12.2. The van der Waals surface area contributed by atoms with Gasteiger partial charge in [-0.1, -0.05) is 101 Å². The van der Waals surface area contributed by atoms with Gasteiger partial charge in [-0.15, -0.1) is 0 Å². The highest BCUT2D eigenvalue weighted by molar-refractivity contribution is 6.09. The molecule has 14 heteroatoms. The zero-order chi connectivity index (χ0) is 42.7. The molecule has 0 aliphatic carbocycles. The van der Waals surface area contributed by atoms with Crippen molar-refractivity contribution in [2.75, 3.05) is 13.7 Å². The molecule has 0 saturated carbocycles. The predicted octanol–water partition coefficient (Wildman–Crippen LogP) is 3.07. The number of allylic oxidation sites excluding steroid dienone is 10. The first-order valence-electron chi connectivity index (χ1n) is 19.1. The molecule has 1 aromatic heterocycles. The number of rotatable bonds is 17. The van der Waals surface area contributed by atoms with Gasteiger partial charge in [-0.05, 0) is 44.4 Å². The minimum atomic E-state index is -2.34. The Morgan fingerprint density at radius 3 is 2.32 bits per heavy atom. The van der Waals surface area contributed by atoms with Crippen molar-refractivity contribution in [2.45, 2.75) is 110 Å². The molecule has 1 amide bonds. The molecule has 11 unspecified atom stereocenters. The summed E-state index contributed by atoms with van der Waals surface area (Å²) in [5, 5.41) is 67.8. The summed E-state index contributed by atoms with van der Waals surface area (Å²) < 4.78 is 17.8. The van der Waals surface area contributed by atoms with Crippen LogP contribution in [0.4, 0.5) is 0 Å². The molecule has 2 saturated heterocycles. The molecular formula is C43H60N2O12. The number of hydrogen-bond donors (Lipinski definition) is 8. The third-order valence-electron chi connectivity index (χ3n) is 10.7. The maximum atomic E-state index is 13.3. The quantitative estimate of drug-likeness (QED) is 0.0647. The summed E-state index contributed by atoms with van der Waals surface area (Å²) >= 11 is 0. The number of pyridine rings is 1. The maximum absolute atomic E-state index is 13.3. The highest BCUT2D eigenvalue weighted by Gasteiger charge is 2.60. The molecule has 14 nitrogen and oxygen atoms in total. The van der Waals surface area contributed by atoms with E-state index in [1.807, 2.05) is 26.8 Å². The molecule has 314 valence electrons. The van der Waals surface area contributed by atoms with E-state index in [1.54, 1.807) is 81.5 Å². The van der Waals surface area contributed by atoms with Gasteiger partial charge in [0.05, 0.1) is 30.3 Å². The fourth-order valence-corrected chi connectivity index (χ4v) is 7.12. The molecular weight excluding hydrogens is 736 g/mol. The largest absolute Gasteiger partial charge is 0.507 e. The van der Waals surface area contributed by atoms with Crippen LogP contribution in [0.2, 0.25) is 0 Å². The van der Waals surface area contributed by atoms with Gasteiger partial charge in [0.25, 0.3) is 5.56 Å². The third-order valence-corrected chi connectivity index (χ3v) is 10.7. The van der Waals surface area contributed by atoms with Gasteiger partial charge in [0.15, 0.2) is 5.78 Å². The van der Waals surface area contributed by atoms with Gasteiger partial charge < -0.3 is 55.2 Å². The predicted molar refractivity (Wildman–Crippen MR) is 215 cm³/mol. The second-order valence-electron chi connectivity index (χ2n) is 15.0. The van der Waals surface area contributed by atoms with Crippen LogP contribution >= 0.6 is 0 Å². The summed E-state index contributed by atoms with van der Waals surface area (Å²) in [7, 11) is 1.52. The molecule has 2 aliphatic heterocycles. The van der Waals surface area contributed by atoms with E-state index in [4.69, 9.17) is 14.2 Å². The van der Waals surface area contributed by atoms with Crippen LogP contribution in [0.1, 0.15) is 65.2 Å². The highest BCUT2D eigenvalue weighted by atomic mass is 16.7.